The highest BCUT2D eigenvalue weighted by atomic mass is 17.2. The maximum Gasteiger partial charge on any atom is 0.339 e. The summed E-state index contributed by atoms with van der Waals surface area (Å²) < 4.78 is 0. The van der Waals surface area contributed by atoms with Gasteiger partial charge in [-0.15, -0.1) is 0 Å². The molecular weight excluding hydrogens is 134 g/mol. The molecule has 0 rings (SSSR count). The Kier molecular flexibility index (Phi) is 4.88. The lowest BCUT2D eigenvalue weighted by atomic mass is 10.6. The van der Waals surface area contributed by atoms with Crippen LogP contribution in [0.1, 0.15) is 6.92 Å². The number of carbonyl (C=O) groups excluding carboxylic acids is 1. The van der Waals surface area contributed by atoms with E-state index in [2.05, 4.69) is 9.78 Å². The minimum absolute atomic E-state index is 0.409. The molecule has 0 heterocycles. The lowest BCUT2D eigenvalue weighted by Crippen LogP contribution is -2.18. The standard InChI is InChI=1S/C6H13NO3/c1-6(8)10-9-5-4-7(2)3/h4-5H2,1-3H3. The van der Waals surface area contributed by atoms with E-state index in [1.807, 2.05) is 19.0 Å². The van der Waals surface area contributed by atoms with Gasteiger partial charge in [0.1, 0.15) is 6.61 Å². The minimum Gasteiger partial charge on any atom is -0.307 e. The number of hydrogen-bond donors (Lipinski definition) is 0. The molecule has 0 aliphatic rings. The highest BCUT2D eigenvalue weighted by molar-refractivity contribution is 5.65. The highest BCUT2D eigenvalue weighted by Gasteiger charge is 1.93. The second-order valence-electron chi connectivity index (χ2n) is 2.20. The minimum atomic E-state index is -0.418. The summed E-state index contributed by atoms with van der Waals surface area (Å²) in [5.41, 5.74) is 0. The second-order valence-corrected chi connectivity index (χ2v) is 2.20. The Labute approximate surface area is 60.6 Å². The van der Waals surface area contributed by atoms with Gasteiger partial charge in [0, 0.05) is 13.5 Å². The van der Waals surface area contributed by atoms with Gasteiger partial charge in [-0.3, -0.25) is 4.89 Å². The molecule has 0 unspecified atom stereocenters. The Morgan fingerprint density at radius 2 is 2.10 bits per heavy atom. The third kappa shape index (κ3) is 7.39. The van der Waals surface area contributed by atoms with Gasteiger partial charge in [-0.2, -0.15) is 4.89 Å². The smallest absolute Gasteiger partial charge is 0.307 e. The van der Waals surface area contributed by atoms with E-state index in [-0.39, 0.29) is 0 Å². The molecule has 0 saturated heterocycles. The van der Waals surface area contributed by atoms with E-state index in [9.17, 15) is 4.79 Å². The van der Waals surface area contributed by atoms with Crippen LogP contribution in [0.3, 0.4) is 0 Å². The summed E-state index contributed by atoms with van der Waals surface area (Å²) in [6.07, 6.45) is 0. The van der Waals surface area contributed by atoms with Crippen molar-refractivity contribution < 1.29 is 14.6 Å². The molecule has 60 valence electrons. The number of nitrogens with zero attached hydrogens (tertiary/aromatic N) is 1. The van der Waals surface area contributed by atoms with Crippen molar-refractivity contribution in [2.24, 2.45) is 0 Å². The fourth-order valence-corrected chi connectivity index (χ4v) is 0.344. The molecule has 0 aliphatic heterocycles. The van der Waals surface area contributed by atoms with Crippen molar-refractivity contribution in [3.05, 3.63) is 0 Å². The molecule has 0 aromatic rings. The van der Waals surface area contributed by atoms with Gasteiger partial charge in [0.05, 0.1) is 0 Å². The van der Waals surface area contributed by atoms with Crippen LogP contribution in [-0.2, 0) is 14.6 Å². The van der Waals surface area contributed by atoms with Crippen LogP contribution in [0.15, 0.2) is 0 Å². The van der Waals surface area contributed by atoms with Crippen molar-refractivity contribution in [2.75, 3.05) is 27.2 Å². The van der Waals surface area contributed by atoms with Crippen molar-refractivity contribution in [1.82, 2.24) is 4.90 Å². The summed E-state index contributed by atoms with van der Waals surface area (Å²) in [5, 5.41) is 0. The topological polar surface area (TPSA) is 38.8 Å². The number of carbonyl (C=O) groups is 1. The van der Waals surface area contributed by atoms with Crippen LogP contribution < -0.4 is 0 Å². The maximum atomic E-state index is 10.1. The molecule has 0 aromatic carbocycles. The molecule has 0 fully saturated rings. The number of hydrogen-bond acceptors (Lipinski definition) is 4. The third-order valence-electron chi connectivity index (χ3n) is 0.798. The van der Waals surface area contributed by atoms with E-state index in [4.69, 9.17) is 0 Å². The Balaban J connectivity index is 2.98. The average Bonchev–Trinajstić information content (AvgIpc) is 1.79. The van der Waals surface area contributed by atoms with Crippen LogP contribution in [0.25, 0.3) is 0 Å². The molecule has 0 amide bonds. The number of likely N-dealkylation sites (N-methyl/N-ethyl adjacent to an activating group) is 1. The highest BCUT2D eigenvalue weighted by Crippen LogP contribution is 1.80. The third-order valence-corrected chi connectivity index (χ3v) is 0.798. The summed E-state index contributed by atoms with van der Waals surface area (Å²) in [7, 11) is 3.83. The van der Waals surface area contributed by atoms with E-state index in [1.165, 1.54) is 6.92 Å². The SMILES string of the molecule is CC(=O)OOCCN(C)C. The Morgan fingerprint density at radius 1 is 1.50 bits per heavy atom. The molecule has 0 radical (unpaired) electrons. The largest absolute Gasteiger partial charge is 0.339 e. The number of rotatable bonds is 4. The molecular formula is C6H13NO3. The van der Waals surface area contributed by atoms with Gasteiger partial charge in [0.2, 0.25) is 0 Å². The van der Waals surface area contributed by atoms with Crippen LogP contribution in [0.2, 0.25) is 0 Å². The first-order chi connectivity index (χ1) is 4.63. The summed E-state index contributed by atoms with van der Waals surface area (Å²) in [6.45, 7) is 2.45. The molecule has 4 nitrogen and oxygen atoms in total. The molecule has 0 aliphatic carbocycles. The first-order valence-electron chi connectivity index (χ1n) is 3.07. The van der Waals surface area contributed by atoms with Crippen molar-refractivity contribution >= 4 is 5.97 Å². The monoisotopic (exact) mass is 147 g/mol. The van der Waals surface area contributed by atoms with E-state index in [0.717, 1.165) is 6.54 Å². The lowest BCUT2D eigenvalue weighted by molar-refractivity contribution is -0.270. The van der Waals surface area contributed by atoms with Gasteiger partial charge in [-0.25, -0.2) is 4.79 Å². The molecule has 10 heavy (non-hydrogen) atoms. The van der Waals surface area contributed by atoms with E-state index >= 15 is 0 Å². The summed E-state index contributed by atoms with van der Waals surface area (Å²) in [4.78, 5) is 20.8. The quantitative estimate of drug-likeness (QED) is 0.320. The molecule has 0 N–H and O–H groups in total. The van der Waals surface area contributed by atoms with Crippen LogP contribution in [-0.4, -0.2) is 38.1 Å². The molecule has 0 spiro atoms. The van der Waals surface area contributed by atoms with E-state index < -0.39 is 5.97 Å². The lowest BCUT2D eigenvalue weighted by Gasteiger charge is -2.07. The van der Waals surface area contributed by atoms with Crippen LogP contribution in [0.4, 0.5) is 0 Å². The van der Waals surface area contributed by atoms with Crippen molar-refractivity contribution in [3.63, 3.8) is 0 Å². The normalized spacial score (nSPS) is 10.0. The first kappa shape index (κ1) is 9.39. The maximum absolute atomic E-state index is 10.1. The zero-order chi connectivity index (χ0) is 7.98. The molecule has 0 aromatic heterocycles. The summed E-state index contributed by atoms with van der Waals surface area (Å²) in [5.74, 6) is -0.418. The van der Waals surface area contributed by atoms with Gasteiger partial charge < -0.3 is 4.90 Å². The van der Waals surface area contributed by atoms with Gasteiger partial charge in [0.25, 0.3) is 0 Å². The van der Waals surface area contributed by atoms with E-state index in [1.54, 1.807) is 0 Å². The average molecular weight is 147 g/mol. The van der Waals surface area contributed by atoms with E-state index in [0.29, 0.717) is 6.61 Å². The molecule has 4 heteroatoms. The second kappa shape index (κ2) is 5.20. The Morgan fingerprint density at radius 3 is 2.50 bits per heavy atom. The first-order valence-corrected chi connectivity index (χ1v) is 3.07. The predicted molar refractivity (Wildman–Crippen MR) is 36.3 cm³/mol. The van der Waals surface area contributed by atoms with Crippen LogP contribution in [0.5, 0.6) is 0 Å². The van der Waals surface area contributed by atoms with Crippen molar-refractivity contribution in [1.29, 1.82) is 0 Å². The van der Waals surface area contributed by atoms with Gasteiger partial charge in [-0.1, -0.05) is 0 Å². The zero-order valence-electron chi connectivity index (χ0n) is 6.59. The molecule has 0 saturated carbocycles. The summed E-state index contributed by atoms with van der Waals surface area (Å²) in [6, 6.07) is 0. The Bertz CT molecular complexity index is 103. The zero-order valence-corrected chi connectivity index (χ0v) is 6.59. The molecule has 0 bridgehead atoms. The van der Waals surface area contributed by atoms with Gasteiger partial charge >= 0.3 is 5.97 Å². The predicted octanol–water partition coefficient (Wildman–Crippen LogP) is 0.0427. The van der Waals surface area contributed by atoms with Crippen molar-refractivity contribution in [3.8, 4) is 0 Å². The fourth-order valence-electron chi connectivity index (χ4n) is 0.344. The molecule has 0 atom stereocenters. The van der Waals surface area contributed by atoms with Crippen molar-refractivity contribution in [2.45, 2.75) is 6.92 Å². The summed E-state index contributed by atoms with van der Waals surface area (Å²) >= 11 is 0. The van der Waals surface area contributed by atoms with Crippen LogP contribution in [0, 0.1) is 0 Å². The van der Waals surface area contributed by atoms with Gasteiger partial charge in [0.15, 0.2) is 0 Å². The Hall–Kier alpha value is -0.610. The van der Waals surface area contributed by atoms with Gasteiger partial charge in [-0.05, 0) is 14.1 Å². The fraction of sp³-hybridized carbons (Fsp3) is 0.833. The van der Waals surface area contributed by atoms with Crippen LogP contribution >= 0.6 is 0 Å².